The van der Waals surface area contributed by atoms with E-state index in [0.29, 0.717) is 45.3 Å². The monoisotopic (exact) mass is 484 g/mol. The third kappa shape index (κ3) is 6.36. The summed E-state index contributed by atoms with van der Waals surface area (Å²) in [6, 6.07) is 12.3. The minimum absolute atomic E-state index is 0.155. The van der Waals surface area contributed by atoms with Gasteiger partial charge in [-0.05, 0) is 42.8 Å². The molecule has 1 heterocycles. The van der Waals surface area contributed by atoms with Crippen molar-refractivity contribution in [1.82, 2.24) is 4.90 Å². The number of benzene rings is 2. The average molecular weight is 485 g/mol. The number of amides is 2. The Kier molecular flexibility index (Phi) is 8.51. The van der Waals surface area contributed by atoms with E-state index in [4.69, 9.17) is 26.4 Å². The van der Waals surface area contributed by atoms with Crippen LogP contribution in [-0.4, -0.2) is 47.9 Å². The average Bonchev–Trinajstić information content (AvgIpc) is 3.06. The molecule has 0 aliphatic carbocycles. The fourth-order valence-electron chi connectivity index (χ4n) is 2.98. The van der Waals surface area contributed by atoms with E-state index >= 15 is 0 Å². The number of ether oxygens (including phenoxy) is 3. The second-order valence-corrected chi connectivity index (χ2v) is 8.46. The van der Waals surface area contributed by atoms with Crippen molar-refractivity contribution in [3.05, 3.63) is 65.6 Å². The van der Waals surface area contributed by atoms with Crippen LogP contribution in [0, 0.1) is 0 Å². The van der Waals surface area contributed by atoms with Crippen LogP contribution < -0.4 is 19.5 Å². The van der Waals surface area contributed by atoms with Crippen molar-refractivity contribution < 1.29 is 23.8 Å². The SMILES string of the molecule is C=CCN1C(=O)/C(=C/c2ccc(OCC(=O)Nc3cccc(OC)c3)c(OCC)c2)SC1=S. The van der Waals surface area contributed by atoms with Crippen LogP contribution in [0.3, 0.4) is 0 Å². The Labute approximate surface area is 202 Å². The molecule has 0 saturated carbocycles. The summed E-state index contributed by atoms with van der Waals surface area (Å²) < 4.78 is 17.0. The van der Waals surface area contributed by atoms with E-state index in [1.54, 1.807) is 61.7 Å². The van der Waals surface area contributed by atoms with E-state index in [1.807, 2.05) is 6.92 Å². The van der Waals surface area contributed by atoms with Crippen LogP contribution in [0.1, 0.15) is 12.5 Å². The first kappa shape index (κ1) is 24.3. The third-order valence-corrected chi connectivity index (χ3v) is 5.84. The molecule has 2 aromatic carbocycles. The molecule has 2 aromatic rings. The molecule has 0 aromatic heterocycles. The molecule has 1 aliphatic heterocycles. The molecule has 9 heteroatoms. The van der Waals surface area contributed by atoms with Crippen LogP contribution in [0.2, 0.25) is 0 Å². The van der Waals surface area contributed by atoms with Gasteiger partial charge in [-0.1, -0.05) is 42.2 Å². The van der Waals surface area contributed by atoms with E-state index in [0.717, 1.165) is 5.56 Å². The van der Waals surface area contributed by atoms with Crippen molar-refractivity contribution in [2.24, 2.45) is 0 Å². The number of carbonyl (C=O) groups excluding carboxylic acids is 2. The number of rotatable bonds is 10. The first-order valence-corrected chi connectivity index (χ1v) is 11.4. The number of carbonyl (C=O) groups is 2. The van der Waals surface area contributed by atoms with Crippen molar-refractivity contribution in [3.8, 4) is 17.2 Å². The maximum Gasteiger partial charge on any atom is 0.266 e. The standard InChI is InChI=1S/C24H24N2O5S2/c1-4-11-26-23(28)21(33-24(26)32)13-16-9-10-19(20(12-16)30-5-2)31-15-22(27)25-17-7-6-8-18(14-17)29-3/h4,6-10,12-14H,1,5,11,15H2,2-3H3,(H,25,27)/b21-13-. The summed E-state index contributed by atoms with van der Waals surface area (Å²) in [6.45, 7) is 6.10. The van der Waals surface area contributed by atoms with E-state index in [2.05, 4.69) is 11.9 Å². The number of thiocarbonyl (C=S) groups is 1. The summed E-state index contributed by atoms with van der Waals surface area (Å²) in [6.07, 6.45) is 3.39. The normalized spacial score (nSPS) is 14.4. The number of methoxy groups -OCH3 is 1. The molecule has 1 saturated heterocycles. The molecule has 0 radical (unpaired) electrons. The van der Waals surface area contributed by atoms with Gasteiger partial charge in [-0.2, -0.15) is 0 Å². The zero-order valence-corrected chi connectivity index (χ0v) is 20.0. The molecule has 0 atom stereocenters. The summed E-state index contributed by atoms with van der Waals surface area (Å²) in [5.41, 5.74) is 1.36. The van der Waals surface area contributed by atoms with E-state index in [9.17, 15) is 9.59 Å². The maximum absolute atomic E-state index is 12.5. The van der Waals surface area contributed by atoms with Crippen LogP contribution in [0.15, 0.2) is 60.0 Å². The van der Waals surface area contributed by atoms with Gasteiger partial charge in [-0.25, -0.2) is 0 Å². The molecule has 1 N–H and O–H groups in total. The highest BCUT2D eigenvalue weighted by Crippen LogP contribution is 2.34. The molecular formula is C24H24N2O5S2. The van der Waals surface area contributed by atoms with Crippen LogP contribution in [0.5, 0.6) is 17.2 Å². The van der Waals surface area contributed by atoms with Gasteiger partial charge in [0.1, 0.15) is 10.1 Å². The predicted octanol–water partition coefficient (Wildman–Crippen LogP) is 4.50. The van der Waals surface area contributed by atoms with Crippen molar-refractivity contribution in [2.75, 3.05) is 32.2 Å². The van der Waals surface area contributed by atoms with Crippen molar-refractivity contribution >= 4 is 51.9 Å². The summed E-state index contributed by atoms with van der Waals surface area (Å²) in [7, 11) is 1.56. The van der Waals surface area contributed by atoms with Gasteiger partial charge in [-0.3, -0.25) is 14.5 Å². The lowest BCUT2D eigenvalue weighted by molar-refractivity contribution is -0.121. The molecule has 1 aliphatic rings. The van der Waals surface area contributed by atoms with Gasteiger partial charge in [-0.15, -0.1) is 6.58 Å². The van der Waals surface area contributed by atoms with Crippen LogP contribution in [0.25, 0.3) is 6.08 Å². The Morgan fingerprint density at radius 2 is 2.03 bits per heavy atom. The molecule has 2 amide bonds. The number of nitrogens with zero attached hydrogens (tertiary/aromatic N) is 1. The van der Waals surface area contributed by atoms with Gasteiger partial charge in [0.05, 0.1) is 18.6 Å². The lowest BCUT2D eigenvalue weighted by atomic mass is 10.2. The highest BCUT2D eigenvalue weighted by Gasteiger charge is 2.31. The smallest absolute Gasteiger partial charge is 0.266 e. The van der Waals surface area contributed by atoms with Gasteiger partial charge < -0.3 is 19.5 Å². The number of anilines is 1. The van der Waals surface area contributed by atoms with Gasteiger partial charge in [0.25, 0.3) is 11.8 Å². The van der Waals surface area contributed by atoms with Crippen molar-refractivity contribution in [2.45, 2.75) is 6.92 Å². The third-order valence-electron chi connectivity index (χ3n) is 4.46. The summed E-state index contributed by atoms with van der Waals surface area (Å²) in [5, 5.41) is 2.76. The lowest BCUT2D eigenvalue weighted by Crippen LogP contribution is -2.27. The van der Waals surface area contributed by atoms with Crippen LogP contribution in [0.4, 0.5) is 5.69 Å². The number of thioether (sulfide) groups is 1. The molecule has 7 nitrogen and oxygen atoms in total. The quantitative estimate of drug-likeness (QED) is 0.302. The van der Waals surface area contributed by atoms with E-state index in [-0.39, 0.29) is 18.4 Å². The van der Waals surface area contributed by atoms with Crippen molar-refractivity contribution in [3.63, 3.8) is 0 Å². The molecule has 0 bridgehead atoms. The van der Waals surface area contributed by atoms with Gasteiger partial charge in [0.2, 0.25) is 0 Å². The van der Waals surface area contributed by atoms with Gasteiger partial charge in [0, 0.05) is 18.3 Å². The largest absolute Gasteiger partial charge is 0.497 e. The Bertz CT molecular complexity index is 1100. The number of hydrogen-bond donors (Lipinski definition) is 1. The fourth-order valence-corrected chi connectivity index (χ4v) is 4.26. The van der Waals surface area contributed by atoms with Gasteiger partial charge >= 0.3 is 0 Å². The summed E-state index contributed by atoms with van der Waals surface area (Å²) in [4.78, 5) is 26.9. The Balaban J connectivity index is 1.69. The number of nitrogens with one attached hydrogen (secondary N) is 1. The predicted molar refractivity (Wildman–Crippen MR) is 135 cm³/mol. The summed E-state index contributed by atoms with van der Waals surface area (Å²) in [5.74, 6) is 1.07. The zero-order chi connectivity index (χ0) is 23.8. The highest BCUT2D eigenvalue weighted by molar-refractivity contribution is 8.26. The van der Waals surface area contributed by atoms with Gasteiger partial charge in [0.15, 0.2) is 18.1 Å². The van der Waals surface area contributed by atoms with E-state index in [1.165, 1.54) is 16.7 Å². The second-order valence-electron chi connectivity index (χ2n) is 6.79. The topological polar surface area (TPSA) is 77.1 Å². The highest BCUT2D eigenvalue weighted by atomic mass is 32.2. The molecular weight excluding hydrogens is 460 g/mol. The van der Waals surface area contributed by atoms with Crippen molar-refractivity contribution in [1.29, 1.82) is 0 Å². The Hall–Kier alpha value is -3.30. The summed E-state index contributed by atoms with van der Waals surface area (Å²) >= 11 is 6.52. The Morgan fingerprint density at radius 1 is 1.21 bits per heavy atom. The second kappa shape index (κ2) is 11.5. The molecule has 0 spiro atoms. The minimum Gasteiger partial charge on any atom is -0.497 e. The number of hydrogen-bond acceptors (Lipinski definition) is 7. The first-order valence-electron chi connectivity index (χ1n) is 10.1. The molecule has 1 fully saturated rings. The Morgan fingerprint density at radius 3 is 2.76 bits per heavy atom. The molecule has 172 valence electrons. The maximum atomic E-state index is 12.5. The first-order chi connectivity index (χ1) is 15.9. The fraction of sp³-hybridized carbons (Fsp3) is 0.208. The van der Waals surface area contributed by atoms with Crippen LogP contribution in [-0.2, 0) is 9.59 Å². The molecule has 0 unspecified atom stereocenters. The molecule has 3 rings (SSSR count). The van der Waals surface area contributed by atoms with E-state index < -0.39 is 0 Å². The van der Waals surface area contributed by atoms with Crippen LogP contribution >= 0.6 is 24.0 Å². The molecule has 33 heavy (non-hydrogen) atoms. The lowest BCUT2D eigenvalue weighted by Gasteiger charge is -2.13. The minimum atomic E-state index is -0.319. The zero-order valence-electron chi connectivity index (χ0n) is 18.3.